The Balaban J connectivity index is 2.07. The summed E-state index contributed by atoms with van der Waals surface area (Å²) in [5, 5.41) is 9.02. The SMILES string of the molecule is OCc1ccc(-c2ccc3nccnc3c2)cc1. The van der Waals surface area contributed by atoms with Crippen molar-refractivity contribution in [3.8, 4) is 11.1 Å². The summed E-state index contributed by atoms with van der Waals surface area (Å²) < 4.78 is 0. The molecule has 1 heterocycles. The number of nitrogens with zero attached hydrogens (tertiary/aromatic N) is 2. The second-order valence-electron chi connectivity index (χ2n) is 4.11. The third-order valence-electron chi connectivity index (χ3n) is 2.94. The molecule has 0 aliphatic rings. The summed E-state index contributed by atoms with van der Waals surface area (Å²) in [6.45, 7) is 0.0729. The van der Waals surface area contributed by atoms with E-state index in [1.807, 2.05) is 42.5 Å². The van der Waals surface area contributed by atoms with Gasteiger partial charge in [-0.3, -0.25) is 9.97 Å². The highest BCUT2D eigenvalue weighted by Crippen LogP contribution is 2.22. The van der Waals surface area contributed by atoms with Gasteiger partial charge in [0.1, 0.15) is 0 Å². The first-order valence-corrected chi connectivity index (χ1v) is 5.78. The van der Waals surface area contributed by atoms with E-state index in [9.17, 15) is 0 Å². The summed E-state index contributed by atoms with van der Waals surface area (Å²) in [4.78, 5) is 8.55. The van der Waals surface area contributed by atoms with Crippen LogP contribution in [0.25, 0.3) is 22.2 Å². The van der Waals surface area contributed by atoms with E-state index >= 15 is 0 Å². The van der Waals surface area contributed by atoms with E-state index in [0.29, 0.717) is 0 Å². The van der Waals surface area contributed by atoms with Crippen molar-refractivity contribution in [2.45, 2.75) is 6.61 Å². The third-order valence-corrected chi connectivity index (χ3v) is 2.94. The highest BCUT2D eigenvalue weighted by molar-refractivity contribution is 5.81. The predicted molar refractivity (Wildman–Crippen MR) is 70.9 cm³/mol. The fourth-order valence-corrected chi connectivity index (χ4v) is 1.95. The van der Waals surface area contributed by atoms with Gasteiger partial charge in [0.25, 0.3) is 0 Å². The van der Waals surface area contributed by atoms with Crippen molar-refractivity contribution in [2.75, 3.05) is 0 Å². The van der Waals surface area contributed by atoms with Crippen LogP contribution in [-0.2, 0) is 6.61 Å². The summed E-state index contributed by atoms with van der Waals surface area (Å²) in [5.74, 6) is 0. The van der Waals surface area contributed by atoms with Crippen LogP contribution in [-0.4, -0.2) is 15.1 Å². The van der Waals surface area contributed by atoms with Crippen LogP contribution in [0.3, 0.4) is 0 Å². The van der Waals surface area contributed by atoms with Gasteiger partial charge in [-0.1, -0.05) is 30.3 Å². The third kappa shape index (κ3) is 1.96. The van der Waals surface area contributed by atoms with Crippen molar-refractivity contribution in [3.05, 3.63) is 60.4 Å². The van der Waals surface area contributed by atoms with E-state index in [0.717, 1.165) is 27.7 Å². The van der Waals surface area contributed by atoms with Gasteiger partial charge < -0.3 is 5.11 Å². The minimum atomic E-state index is 0.0729. The molecule has 0 spiro atoms. The minimum absolute atomic E-state index is 0.0729. The summed E-state index contributed by atoms with van der Waals surface area (Å²) in [6.07, 6.45) is 3.39. The van der Waals surface area contributed by atoms with Gasteiger partial charge in [-0.15, -0.1) is 0 Å². The zero-order valence-electron chi connectivity index (χ0n) is 9.74. The summed E-state index contributed by atoms with van der Waals surface area (Å²) in [6, 6.07) is 13.9. The molecule has 0 amide bonds. The number of rotatable bonds is 2. The second kappa shape index (κ2) is 4.55. The number of aliphatic hydroxyl groups excluding tert-OH is 1. The second-order valence-corrected chi connectivity index (χ2v) is 4.11. The highest BCUT2D eigenvalue weighted by atomic mass is 16.3. The number of hydrogen-bond donors (Lipinski definition) is 1. The lowest BCUT2D eigenvalue weighted by molar-refractivity contribution is 0.282. The van der Waals surface area contributed by atoms with Gasteiger partial charge in [0.2, 0.25) is 0 Å². The van der Waals surface area contributed by atoms with Gasteiger partial charge >= 0.3 is 0 Å². The maximum atomic E-state index is 9.02. The molecule has 0 radical (unpaired) electrons. The number of fused-ring (bicyclic) bond motifs is 1. The molecule has 2 aromatic carbocycles. The van der Waals surface area contributed by atoms with Gasteiger partial charge in [0.15, 0.2) is 0 Å². The Bertz CT molecular complexity index is 677. The molecule has 3 heteroatoms. The van der Waals surface area contributed by atoms with Crippen molar-refractivity contribution in [2.24, 2.45) is 0 Å². The van der Waals surface area contributed by atoms with Crippen molar-refractivity contribution in [3.63, 3.8) is 0 Å². The van der Waals surface area contributed by atoms with Crippen molar-refractivity contribution < 1.29 is 5.11 Å². The molecule has 88 valence electrons. The summed E-state index contributed by atoms with van der Waals surface area (Å²) >= 11 is 0. The number of benzene rings is 2. The molecular formula is C15H12N2O. The van der Waals surface area contributed by atoms with Gasteiger partial charge in [-0.05, 0) is 28.8 Å². The van der Waals surface area contributed by atoms with Crippen LogP contribution >= 0.6 is 0 Å². The lowest BCUT2D eigenvalue weighted by atomic mass is 10.0. The van der Waals surface area contributed by atoms with Gasteiger partial charge in [0, 0.05) is 12.4 Å². The van der Waals surface area contributed by atoms with E-state index in [2.05, 4.69) is 9.97 Å². The monoisotopic (exact) mass is 236 g/mol. The average molecular weight is 236 g/mol. The highest BCUT2D eigenvalue weighted by Gasteiger charge is 2.01. The van der Waals surface area contributed by atoms with Crippen LogP contribution in [0.1, 0.15) is 5.56 Å². The van der Waals surface area contributed by atoms with Crippen molar-refractivity contribution >= 4 is 11.0 Å². The number of aliphatic hydroxyl groups is 1. The normalized spacial score (nSPS) is 10.7. The molecule has 0 aliphatic carbocycles. The van der Waals surface area contributed by atoms with Crippen LogP contribution < -0.4 is 0 Å². The molecule has 1 N–H and O–H groups in total. The predicted octanol–water partition coefficient (Wildman–Crippen LogP) is 2.79. The Morgan fingerprint density at radius 3 is 2.17 bits per heavy atom. The quantitative estimate of drug-likeness (QED) is 0.744. The first-order chi connectivity index (χ1) is 8.86. The Morgan fingerprint density at radius 1 is 0.778 bits per heavy atom. The van der Waals surface area contributed by atoms with Gasteiger partial charge in [-0.25, -0.2) is 0 Å². The molecule has 0 unspecified atom stereocenters. The van der Waals surface area contributed by atoms with E-state index in [1.165, 1.54) is 0 Å². The van der Waals surface area contributed by atoms with E-state index in [1.54, 1.807) is 12.4 Å². The molecule has 0 saturated carbocycles. The van der Waals surface area contributed by atoms with Crippen LogP contribution in [0.5, 0.6) is 0 Å². The number of hydrogen-bond acceptors (Lipinski definition) is 3. The van der Waals surface area contributed by atoms with Crippen molar-refractivity contribution in [1.29, 1.82) is 0 Å². The van der Waals surface area contributed by atoms with Crippen LogP contribution in [0.2, 0.25) is 0 Å². The summed E-state index contributed by atoms with van der Waals surface area (Å²) in [7, 11) is 0. The maximum absolute atomic E-state index is 9.02. The molecule has 3 nitrogen and oxygen atoms in total. The lowest BCUT2D eigenvalue weighted by Crippen LogP contribution is -1.85. The van der Waals surface area contributed by atoms with Crippen LogP contribution in [0.4, 0.5) is 0 Å². The zero-order valence-corrected chi connectivity index (χ0v) is 9.74. The molecule has 1 aromatic heterocycles. The van der Waals surface area contributed by atoms with E-state index in [-0.39, 0.29) is 6.61 Å². The van der Waals surface area contributed by atoms with Crippen LogP contribution in [0.15, 0.2) is 54.9 Å². The average Bonchev–Trinajstić information content (AvgIpc) is 2.47. The molecule has 3 aromatic rings. The largest absolute Gasteiger partial charge is 0.392 e. The molecule has 0 aliphatic heterocycles. The fourth-order valence-electron chi connectivity index (χ4n) is 1.95. The maximum Gasteiger partial charge on any atom is 0.0892 e. The Morgan fingerprint density at radius 2 is 1.44 bits per heavy atom. The first kappa shape index (κ1) is 10.9. The molecule has 0 fully saturated rings. The zero-order chi connectivity index (χ0) is 12.4. The number of aromatic nitrogens is 2. The van der Waals surface area contributed by atoms with E-state index < -0.39 is 0 Å². The molecule has 3 rings (SSSR count). The molecular weight excluding hydrogens is 224 g/mol. The van der Waals surface area contributed by atoms with Gasteiger partial charge in [0.05, 0.1) is 17.6 Å². The van der Waals surface area contributed by atoms with Crippen molar-refractivity contribution in [1.82, 2.24) is 9.97 Å². The first-order valence-electron chi connectivity index (χ1n) is 5.78. The van der Waals surface area contributed by atoms with Crippen LogP contribution in [0, 0.1) is 0 Å². The summed E-state index contributed by atoms with van der Waals surface area (Å²) in [5.41, 5.74) is 4.92. The molecule has 0 atom stereocenters. The Kier molecular flexibility index (Phi) is 2.74. The topological polar surface area (TPSA) is 46.0 Å². The molecule has 0 saturated heterocycles. The smallest absolute Gasteiger partial charge is 0.0892 e. The van der Waals surface area contributed by atoms with E-state index in [4.69, 9.17) is 5.11 Å². The Labute approximate surface area is 105 Å². The standard InChI is InChI=1S/C15H12N2O/c18-10-11-1-3-12(4-2-11)13-5-6-14-15(9-13)17-8-7-16-14/h1-9,18H,10H2. The minimum Gasteiger partial charge on any atom is -0.392 e. The Hall–Kier alpha value is -2.26. The lowest BCUT2D eigenvalue weighted by Gasteiger charge is -2.04. The van der Waals surface area contributed by atoms with Gasteiger partial charge in [-0.2, -0.15) is 0 Å². The molecule has 18 heavy (non-hydrogen) atoms. The molecule has 0 bridgehead atoms. The fraction of sp³-hybridized carbons (Fsp3) is 0.0667.